The van der Waals surface area contributed by atoms with Gasteiger partial charge in [0.25, 0.3) is 0 Å². The van der Waals surface area contributed by atoms with E-state index in [-0.39, 0.29) is 5.41 Å². The predicted octanol–water partition coefficient (Wildman–Crippen LogP) is 4.51. The molecular formula is C14H21Cl2NO2Zr. The molecule has 0 saturated carbocycles. The molecule has 0 radical (unpaired) electrons. The minimum absolute atomic E-state index is 0.0883. The Morgan fingerprint density at radius 2 is 1.95 bits per heavy atom. The molecule has 3 nitrogen and oxygen atoms in total. The van der Waals surface area contributed by atoms with Gasteiger partial charge in [-0.3, -0.25) is 4.99 Å². The van der Waals surface area contributed by atoms with Crippen LogP contribution in [0.15, 0.2) is 17.1 Å². The topological polar surface area (TPSA) is 41.8 Å². The Bertz CT molecular complexity index is 451. The number of rotatable bonds is 4. The van der Waals surface area contributed by atoms with Gasteiger partial charge in [-0.05, 0) is 24.0 Å². The number of hydrogen-bond donors (Lipinski definition) is 1. The van der Waals surface area contributed by atoms with Crippen LogP contribution in [-0.2, 0) is 26.3 Å². The van der Waals surface area contributed by atoms with Crippen molar-refractivity contribution in [2.75, 3.05) is 14.2 Å². The van der Waals surface area contributed by atoms with E-state index in [0.717, 1.165) is 17.7 Å². The van der Waals surface area contributed by atoms with E-state index in [1.54, 1.807) is 26.4 Å². The molecule has 0 amide bonds. The Kier molecular flexibility index (Phi) is 9.79. The molecule has 0 saturated heterocycles. The first-order valence-corrected chi connectivity index (χ1v) is 12.5. The predicted molar refractivity (Wildman–Crippen MR) is 83.2 cm³/mol. The summed E-state index contributed by atoms with van der Waals surface area (Å²) in [4.78, 5) is 3.95. The molecule has 1 N–H and O–H groups in total. The summed E-state index contributed by atoms with van der Waals surface area (Å²) in [6, 6.07) is 3.68. The summed E-state index contributed by atoms with van der Waals surface area (Å²) >= 11 is -0.826. The standard InChI is InChI=1S/C14H21NO2.2ClH.Zr/c1-6-14(2,3)12-8-11(17-5)7-10(9-15-4)13(12)16;;;/h7-9,16H,6H2,1-5H3;2*1H;/q;;;+2/p-2. The second-order valence-electron chi connectivity index (χ2n) is 4.81. The van der Waals surface area contributed by atoms with E-state index in [1.807, 2.05) is 6.07 Å². The number of aromatic hydroxyl groups is 1. The van der Waals surface area contributed by atoms with Crippen molar-refractivity contribution in [1.82, 2.24) is 0 Å². The second kappa shape index (κ2) is 9.81. The fraction of sp³-hybridized carbons (Fsp3) is 0.500. The fourth-order valence-corrected chi connectivity index (χ4v) is 1.69. The van der Waals surface area contributed by atoms with E-state index < -0.39 is 20.8 Å². The number of aliphatic imine (C=N–C) groups is 1. The quantitative estimate of drug-likeness (QED) is 0.760. The molecule has 1 rings (SSSR count). The molecule has 0 atom stereocenters. The van der Waals surface area contributed by atoms with Gasteiger partial charge in [-0.2, -0.15) is 0 Å². The van der Waals surface area contributed by atoms with E-state index in [9.17, 15) is 5.11 Å². The van der Waals surface area contributed by atoms with Crippen LogP contribution in [0.1, 0.15) is 38.3 Å². The summed E-state index contributed by atoms with van der Waals surface area (Å²) in [5.41, 5.74) is 1.51. The van der Waals surface area contributed by atoms with Gasteiger partial charge in [0, 0.05) is 24.4 Å². The normalized spacial score (nSPS) is 10.9. The van der Waals surface area contributed by atoms with Crippen LogP contribution in [0.3, 0.4) is 0 Å². The monoisotopic (exact) mass is 395 g/mol. The van der Waals surface area contributed by atoms with Crippen molar-refractivity contribution in [3.05, 3.63) is 23.3 Å². The van der Waals surface area contributed by atoms with E-state index in [4.69, 9.17) is 21.8 Å². The molecule has 0 aliphatic heterocycles. The fourth-order valence-electron chi connectivity index (χ4n) is 1.69. The average molecular weight is 397 g/mol. The molecule has 1 aromatic carbocycles. The zero-order valence-corrected chi connectivity index (χ0v) is 16.5. The van der Waals surface area contributed by atoms with Gasteiger partial charge in [-0.25, -0.2) is 0 Å². The van der Waals surface area contributed by atoms with Gasteiger partial charge in [-0.1, -0.05) is 20.8 Å². The van der Waals surface area contributed by atoms with Crippen molar-refractivity contribution in [2.24, 2.45) is 4.99 Å². The maximum absolute atomic E-state index is 10.3. The van der Waals surface area contributed by atoms with Gasteiger partial charge >= 0.3 is 37.9 Å². The molecule has 6 heteroatoms. The molecule has 0 unspecified atom stereocenters. The van der Waals surface area contributed by atoms with Gasteiger partial charge in [0.2, 0.25) is 0 Å². The molecule has 0 bridgehead atoms. The molecule has 112 valence electrons. The van der Waals surface area contributed by atoms with Crippen LogP contribution in [0.2, 0.25) is 0 Å². The molecule has 0 heterocycles. The molecule has 0 aromatic heterocycles. The zero-order chi connectivity index (χ0) is 15.8. The zero-order valence-electron chi connectivity index (χ0n) is 12.5. The minimum atomic E-state index is -0.826. The Balaban J connectivity index is 0.00000110. The number of ether oxygens (including phenoxy) is 1. The summed E-state index contributed by atoms with van der Waals surface area (Å²) in [6.45, 7) is 6.31. The van der Waals surface area contributed by atoms with Crippen LogP contribution >= 0.6 is 17.0 Å². The van der Waals surface area contributed by atoms with E-state index in [0.29, 0.717) is 11.3 Å². The SMILES string of the molecule is CCC(C)(C)c1cc(OC)cc(C=NC)c1O.[Cl][Zr][Cl]. The first-order chi connectivity index (χ1) is 9.37. The van der Waals surface area contributed by atoms with Crippen molar-refractivity contribution in [3.63, 3.8) is 0 Å². The second-order valence-corrected chi connectivity index (χ2v) is 8.54. The molecule has 0 fully saturated rings. The number of nitrogens with zero attached hydrogens (tertiary/aromatic N) is 1. The Morgan fingerprint density at radius 1 is 1.40 bits per heavy atom. The van der Waals surface area contributed by atoms with Crippen LogP contribution in [0, 0.1) is 0 Å². The molecule has 0 spiro atoms. The van der Waals surface area contributed by atoms with Crippen LogP contribution in [-0.4, -0.2) is 25.5 Å². The van der Waals surface area contributed by atoms with Crippen molar-refractivity contribution in [2.45, 2.75) is 32.6 Å². The number of phenolic OH excluding ortho intramolecular Hbond substituents is 1. The van der Waals surface area contributed by atoms with Crippen LogP contribution in [0.5, 0.6) is 11.5 Å². The van der Waals surface area contributed by atoms with E-state index in [2.05, 4.69) is 25.8 Å². The van der Waals surface area contributed by atoms with Crippen molar-refractivity contribution < 1.29 is 30.7 Å². The number of benzene rings is 1. The van der Waals surface area contributed by atoms with Crippen molar-refractivity contribution in [1.29, 1.82) is 0 Å². The van der Waals surface area contributed by atoms with Crippen molar-refractivity contribution >= 4 is 23.2 Å². The Hall–Kier alpha value is -0.0469. The molecule has 0 aliphatic rings. The third-order valence-corrected chi connectivity index (χ3v) is 3.23. The van der Waals surface area contributed by atoms with Gasteiger partial charge in [0.15, 0.2) is 0 Å². The van der Waals surface area contributed by atoms with E-state index >= 15 is 0 Å². The summed E-state index contributed by atoms with van der Waals surface area (Å²) in [6.07, 6.45) is 2.59. The summed E-state index contributed by atoms with van der Waals surface area (Å²) < 4.78 is 5.26. The third-order valence-electron chi connectivity index (χ3n) is 3.23. The molecule has 20 heavy (non-hydrogen) atoms. The molecule has 1 aromatic rings. The van der Waals surface area contributed by atoms with Crippen LogP contribution in [0.4, 0.5) is 0 Å². The van der Waals surface area contributed by atoms with Crippen LogP contribution < -0.4 is 4.74 Å². The number of hydrogen-bond acceptors (Lipinski definition) is 3. The average Bonchev–Trinajstić information content (AvgIpc) is 2.42. The van der Waals surface area contributed by atoms with E-state index in [1.165, 1.54) is 0 Å². The number of methoxy groups -OCH3 is 1. The summed E-state index contributed by atoms with van der Waals surface area (Å²) in [5.74, 6) is 1.04. The molecular weight excluding hydrogens is 376 g/mol. The Morgan fingerprint density at radius 3 is 2.35 bits per heavy atom. The van der Waals surface area contributed by atoms with Gasteiger partial charge < -0.3 is 9.84 Å². The number of phenols is 1. The maximum atomic E-state index is 10.3. The van der Waals surface area contributed by atoms with Gasteiger partial charge in [0.05, 0.1) is 7.11 Å². The Labute approximate surface area is 140 Å². The summed E-state index contributed by atoms with van der Waals surface area (Å²) in [7, 11) is 13.2. The first kappa shape index (κ1) is 20.0. The van der Waals surface area contributed by atoms with Gasteiger partial charge in [0.1, 0.15) is 11.5 Å². The molecule has 0 aliphatic carbocycles. The van der Waals surface area contributed by atoms with Crippen LogP contribution in [0.25, 0.3) is 0 Å². The van der Waals surface area contributed by atoms with Crippen molar-refractivity contribution in [3.8, 4) is 11.5 Å². The van der Waals surface area contributed by atoms with Gasteiger partial charge in [-0.15, -0.1) is 0 Å². The third kappa shape index (κ3) is 5.75. The number of halogens is 2. The first-order valence-electron chi connectivity index (χ1n) is 6.17. The summed E-state index contributed by atoms with van der Waals surface area (Å²) in [5, 5.41) is 10.3.